The third-order valence-electron chi connectivity index (χ3n) is 2.14. The lowest BCUT2D eigenvalue weighted by Gasteiger charge is -2.15. The Morgan fingerprint density at radius 2 is 2.29 bits per heavy atom. The van der Waals surface area contributed by atoms with Gasteiger partial charge in [-0.25, -0.2) is 0 Å². The van der Waals surface area contributed by atoms with Gasteiger partial charge in [-0.3, -0.25) is 10.1 Å². The van der Waals surface area contributed by atoms with E-state index in [0.717, 1.165) is 5.69 Å². The summed E-state index contributed by atoms with van der Waals surface area (Å²) in [6.07, 6.45) is 0. The molecule has 94 valence electrons. The summed E-state index contributed by atoms with van der Waals surface area (Å²) in [5, 5.41) is 13.8. The summed E-state index contributed by atoms with van der Waals surface area (Å²) in [5.41, 5.74) is 0.891. The highest BCUT2D eigenvalue weighted by atomic mass is 79.9. The summed E-state index contributed by atoms with van der Waals surface area (Å²) in [6.45, 7) is 5.20. The number of nitrogens with one attached hydrogen (secondary N) is 1. The molecule has 0 bridgehead atoms. The van der Waals surface area contributed by atoms with Gasteiger partial charge in [0.1, 0.15) is 0 Å². The molecule has 0 fully saturated rings. The van der Waals surface area contributed by atoms with Crippen molar-refractivity contribution in [3.63, 3.8) is 0 Å². The predicted molar refractivity (Wildman–Crippen MR) is 70.4 cm³/mol. The molecule has 1 aromatic rings. The minimum absolute atomic E-state index is 0.0693. The second-order valence-corrected chi connectivity index (χ2v) is 4.48. The Bertz CT molecular complexity index is 398. The molecule has 1 unspecified atom stereocenters. The fourth-order valence-corrected chi connectivity index (χ4v) is 1.82. The van der Waals surface area contributed by atoms with Gasteiger partial charge in [0, 0.05) is 34.9 Å². The smallest absolute Gasteiger partial charge is 0.270 e. The molecule has 0 saturated carbocycles. The highest BCUT2D eigenvalue weighted by molar-refractivity contribution is 9.10. The average Bonchev–Trinajstić information content (AvgIpc) is 2.28. The molecule has 6 heteroatoms. The van der Waals surface area contributed by atoms with Gasteiger partial charge in [-0.15, -0.1) is 0 Å². The number of halogens is 1. The predicted octanol–water partition coefficient (Wildman–Crippen LogP) is 3.19. The highest BCUT2D eigenvalue weighted by Gasteiger charge is 2.10. The summed E-state index contributed by atoms with van der Waals surface area (Å²) < 4.78 is 5.96. The third-order valence-corrected chi connectivity index (χ3v) is 2.79. The van der Waals surface area contributed by atoms with E-state index in [1.165, 1.54) is 12.1 Å². The van der Waals surface area contributed by atoms with Crippen LogP contribution in [-0.4, -0.2) is 24.2 Å². The molecule has 0 aliphatic rings. The molecule has 0 aliphatic carbocycles. The van der Waals surface area contributed by atoms with Crippen LogP contribution in [0.2, 0.25) is 0 Å². The minimum atomic E-state index is -0.418. The first-order chi connectivity index (χ1) is 8.04. The van der Waals surface area contributed by atoms with Crippen LogP contribution in [0.25, 0.3) is 0 Å². The molecule has 0 saturated heterocycles. The normalized spacial score (nSPS) is 12.2. The lowest BCUT2D eigenvalue weighted by atomic mass is 10.2. The molecule has 17 heavy (non-hydrogen) atoms. The largest absolute Gasteiger partial charge is 0.380 e. The van der Waals surface area contributed by atoms with Crippen molar-refractivity contribution in [1.82, 2.24) is 0 Å². The number of anilines is 1. The maximum atomic E-state index is 10.6. The molecule has 0 aromatic heterocycles. The van der Waals surface area contributed by atoms with Crippen molar-refractivity contribution < 1.29 is 9.66 Å². The van der Waals surface area contributed by atoms with E-state index in [-0.39, 0.29) is 11.7 Å². The maximum Gasteiger partial charge on any atom is 0.270 e. The summed E-state index contributed by atoms with van der Waals surface area (Å²) in [5.74, 6) is 0. The van der Waals surface area contributed by atoms with Crippen LogP contribution < -0.4 is 5.32 Å². The maximum absolute atomic E-state index is 10.6. The van der Waals surface area contributed by atoms with Crippen LogP contribution in [0.1, 0.15) is 13.8 Å². The van der Waals surface area contributed by atoms with E-state index in [9.17, 15) is 10.1 Å². The average molecular weight is 303 g/mol. The number of non-ortho nitro benzene ring substituents is 1. The van der Waals surface area contributed by atoms with E-state index >= 15 is 0 Å². The molecule has 0 aliphatic heterocycles. The second-order valence-electron chi connectivity index (χ2n) is 3.63. The van der Waals surface area contributed by atoms with Gasteiger partial charge in [-0.2, -0.15) is 0 Å². The topological polar surface area (TPSA) is 64.4 Å². The van der Waals surface area contributed by atoms with E-state index in [4.69, 9.17) is 4.74 Å². The number of rotatable bonds is 6. The summed E-state index contributed by atoms with van der Waals surface area (Å²) >= 11 is 3.30. The van der Waals surface area contributed by atoms with Crippen molar-refractivity contribution in [2.45, 2.75) is 19.9 Å². The van der Waals surface area contributed by atoms with Gasteiger partial charge in [0.2, 0.25) is 0 Å². The highest BCUT2D eigenvalue weighted by Crippen LogP contribution is 2.27. The van der Waals surface area contributed by atoms with Gasteiger partial charge < -0.3 is 10.1 Å². The number of ether oxygens (including phenoxy) is 1. The molecule has 0 amide bonds. The van der Waals surface area contributed by atoms with Crippen LogP contribution >= 0.6 is 15.9 Å². The molecule has 1 rings (SSSR count). The molecule has 1 atom stereocenters. The van der Waals surface area contributed by atoms with Gasteiger partial charge >= 0.3 is 0 Å². The van der Waals surface area contributed by atoms with E-state index in [1.54, 1.807) is 6.07 Å². The van der Waals surface area contributed by atoms with E-state index < -0.39 is 4.92 Å². The Kier molecular flexibility index (Phi) is 5.37. The molecule has 0 radical (unpaired) electrons. The first-order valence-electron chi connectivity index (χ1n) is 5.32. The van der Waals surface area contributed by atoms with Crippen LogP contribution in [0.5, 0.6) is 0 Å². The lowest BCUT2D eigenvalue weighted by molar-refractivity contribution is -0.384. The molecule has 0 spiro atoms. The van der Waals surface area contributed by atoms with Gasteiger partial charge in [-0.05, 0) is 35.8 Å². The van der Waals surface area contributed by atoms with Crippen molar-refractivity contribution in [2.75, 3.05) is 18.5 Å². The lowest BCUT2D eigenvalue weighted by Crippen LogP contribution is -2.21. The second kappa shape index (κ2) is 6.56. The number of benzene rings is 1. The standard InChI is InChI=1S/C11H15BrN2O3/c1-3-17-7-8(2)13-11-5-4-9(14(15)16)6-10(11)12/h4-6,8,13H,3,7H2,1-2H3. The van der Waals surface area contributed by atoms with Crippen LogP contribution in [0, 0.1) is 10.1 Å². The molecule has 1 N–H and O–H groups in total. The van der Waals surface area contributed by atoms with Gasteiger partial charge in [0.25, 0.3) is 5.69 Å². The fraction of sp³-hybridized carbons (Fsp3) is 0.455. The van der Waals surface area contributed by atoms with E-state index in [2.05, 4.69) is 21.2 Å². The quantitative estimate of drug-likeness (QED) is 0.647. The first-order valence-corrected chi connectivity index (χ1v) is 6.12. The molecular weight excluding hydrogens is 288 g/mol. The zero-order valence-corrected chi connectivity index (χ0v) is 11.4. The fourth-order valence-electron chi connectivity index (χ4n) is 1.34. The van der Waals surface area contributed by atoms with Gasteiger partial charge in [0.05, 0.1) is 11.5 Å². The number of hydrogen-bond acceptors (Lipinski definition) is 4. The molecular formula is C11H15BrN2O3. The van der Waals surface area contributed by atoms with Gasteiger partial charge in [0.15, 0.2) is 0 Å². The van der Waals surface area contributed by atoms with Crippen LogP contribution in [0.4, 0.5) is 11.4 Å². The Morgan fingerprint density at radius 1 is 1.59 bits per heavy atom. The van der Waals surface area contributed by atoms with Crippen molar-refractivity contribution >= 4 is 27.3 Å². The van der Waals surface area contributed by atoms with Gasteiger partial charge in [-0.1, -0.05) is 0 Å². The Morgan fingerprint density at radius 3 is 2.82 bits per heavy atom. The molecule has 1 aromatic carbocycles. The van der Waals surface area contributed by atoms with E-state index in [0.29, 0.717) is 17.7 Å². The van der Waals surface area contributed by atoms with Crippen molar-refractivity contribution in [3.05, 3.63) is 32.8 Å². The zero-order valence-electron chi connectivity index (χ0n) is 9.77. The minimum Gasteiger partial charge on any atom is -0.380 e. The first kappa shape index (κ1) is 13.9. The van der Waals surface area contributed by atoms with Crippen molar-refractivity contribution in [2.24, 2.45) is 0 Å². The summed E-state index contributed by atoms with van der Waals surface area (Å²) in [4.78, 5) is 10.2. The summed E-state index contributed by atoms with van der Waals surface area (Å²) in [7, 11) is 0. The third kappa shape index (κ3) is 4.32. The molecule has 0 heterocycles. The van der Waals surface area contributed by atoms with Crippen molar-refractivity contribution in [1.29, 1.82) is 0 Å². The number of nitro benzene ring substituents is 1. The van der Waals surface area contributed by atoms with Crippen LogP contribution in [0.3, 0.4) is 0 Å². The molecule has 5 nitrogen and oxygen atoms in total. The van der Waals surface area contributed by atoms with E-state index in [1.807, 2.05) is 13.8 Å². The summed E-state index contributed by atoms with van der Waals surface area (Å²) in [6, 6.07) is 4.79. The number of hydrogen-bond donors (Lipinski definition) is 1. The Labute approximate surface area is 108 Å². The Balaban J connectivity index is 2.69. The van der Waals surface area contributed by atoms with Crippen LogP contribution in [-0.2, 0) is 4.74 Å². The SMILES string of the molecule is CCOCC(C)Nc1ccc([N+](=O)[O-])cc1Br. The number of nitrogens with zero attached hydrogens (tertiary/aromatic N) is 1. The number of nitro groups is 1. The van der Waals surface area contributed by atoms with Crippen molar-refractivity contribution in [3.8, 4) is 0 Å². The van der Waals surface area contributed by atoms with Crippen LogP contribution in [0.15, 0.2) is 22.7 Å². The zero-order chi connectivity index (χ0) is 12.8. The monoisotopic (exact) mass is 302 g/mol. The Hall–Kier alpha value is -1.14.